The Balaban J connectivity index is 2.22. The molecule has 1 aromatic heterocycles. The van der Waals surface area contributed by atoms with Crippen molar-refractivity contribution in [2.75, 3.05) is 13.2 Å². The number of hydrogen-bond acceptors (Lipinski definition) is 6. The van der Waals surface area contributed by atoms with Crippen LogP contribution in [0.1, 0.15) is 6.23 Å². The van der Waals surface area contributed by atoms with E-state index in [2.05, 4.69) is 10.1 Å². The van der Waals surface area contributed by atoms with E-state index in [9.17, 15) is 15.3 Å². The first-order valence-electron chi connectivity index (χ1n) is 6.31. The van der Waals surface area contributed by atoms with Crippen LogP contribution in [-0.2, 0) is 0 Å². The molecule has 8 heteroatoms. The first-order valence-corrected chi connectivity index (χ1v) is 6.69. The highest BCUT2D eigenvalue weighted by Gasteiger charge is 2.30. The van der Waals surface area contributed by atoms with Crippen molar-refractivity contribution < 1.29 is 20.1 Å². The number of nitrogens with zero attached hydrogens (tertiary/aromatic N) is 3. The smallest absolute Gasteiger partial charge is 0.219 e. The average molecular weight is 314 g/mol. The van der Waals surface area contributed by atoms with Gasteiger partial charge in [0.2, 0.25) is 6.23 Å². The summed E-state index contributed by atoms with van der Waals surface area (Å²) < 4.78 is 7.01. The van der Waals surface area contributed by atoms with E-state index in [1.165, 1.54) is 17.3 Å². The molecule has 1 heterocycles. The fourth-order valence-corrected chi connectivity index (χ4v) is 1.91. The zero-order chi connectivity index (χ0) is 15.2. The molecule has 2 unspecified atom stereocenters. The van der Waals surface area contributed by atoms with Crippen LogP contribution in [0.3, 0.4) is 0 Å². The predicted octanol–water partition coefficient (Wildman–Crippen LogP) is 0.471. The molecule has 7 nitrogen and oxygen atoms in total. The molecule has 2 rings (SSSR count). The number of ether oxygens (including phenoxy) is 1. The number of aliphatic hydroxyl groups excluding tert-OH is 3. The monoisotopic (exact) mass is 313 g/mol. The minimum Gasteiger partial charge on any atom is -0.466 e. The normalized spacial score (nSPS) is 14.1. The van der Waals surface area contributed by atoms with Gasteiger partial charge in [-0.2, -0.15) is 5.10 Å². The average Bonchev–Trinajstić information content (AvgIpc) is 3.01. The molecule has 3 N–H and O–H groups in total. The Morgan fingerprint density at radius 3 is 2.38 bits per heavy atom. The van der Waals surface area contributed by atoms with Crippen molar-refractivity contribution in [1.82, 2.24) is 14.8 Å². The van der Waals surface area contributed by atoms with Gasteiger partial charge in [-0.05, 0) is 24.3 Å². The Kier molecular flexibility index (Phi) is 5.51. The van der Waals surface area contributed by atoms with Crippen molar-refractivity contribution in [3.8, 4) is 5.75 Å². The van der Waals surface area contributed by atoms with Gasteiger partial charge in [0, 0.05) is 10.9 Å². The van der Waals surface area contributed by atoms with Gasteiger partial charge in [0.15, 0.2) is 0 Å². The highest BCUT2D eigenvalue weighted by Crippen LogP contribution is 2.24. The molecule has 0 aliphatic rings. The van der Waals surface area contributed by atoms with E-state index in [0.29, 0.717) is 10.8 Å². The van der Waals surface area contributed by atoms with Crippen LogP contribution in [0.5, 0.6) is 5.75 Å². The molecule has 0 aliphatic heterocycles. The largest absolute Gasteiger partial charge is 0.466 e. The second-order valence-corrected chi connectivity index (χ2v) is 4.89. The maximum Gasteiger partial charge on any atom is 0.219 e. The van der Waals surface area contributed by atoms with E-state index in [0.717, 1.165) is 0 Å². The van der Waals surface area contributed by atoms with Gasteiger partial charge in [0.1, 0.15) is 24.5 Å². The standard InChI is InChI=1S/C13H16ClN3O4/c14-10-1-3-11(4-2-10)21-13(17-8-15-7-16-17)12(20)9(5-18)6-19/h1-4,7-9,12-13,18-20H,5-6H2. The third-order valence-electron chi connectivity index (χ3n) is 3.01. The Morgan fingerprint density at radius 2 is 1.86 bits per heavy atom. The van der Waals surface area contributed by atoms with Gasteiger partial charge in [-0.1, -0.05) is 11.6 Å². The van der Waals surface area contributed by atoms with Gasteiger partial charge < -0.3 is 20.1 Å². The number of halogens is 1. The van der Waals surface area contributed by atoms with Crippen LogP contribution in [0.25, 0.3) is 0 Å². The van der Waals surface area contributed by atoms with Gasteiger partial charge in [-0.3, -0.25) is 0 Å². The predicted molar refractivity (Wildman–Crippen MR) is 74.8 cm³/mol. The zero-order valence-electron chi connectivity index (χ0n) is 11.1. The SMILES string of the molecule is OCC(CO)C(O)C(Oc1ccc(Cl)cc1)n1cncn1. The summed E-state index contributed by atoms with van der Waals surface area (Å²) in [5, 5.41) is 33.2. The van der Waals surface area contributed by atoms with Crippen molar-refractivity contribution >= 4 is 11.6 Å². The van der Waals surface area contributed by atoms with Gasteiger partial charge in [0.25, 0.3) is 0 Å². The molecule has 0 bridgehead atoms. The number of aromatic nitrogens is 3. The summed E-state index contributed by atoms with van der Waals surface area (Å²) >= 11 is 5.81. The summed E-state index contributed by atoms with van der Waals surface area (Å²) in [5.74, 6) is -0.292. The van der Waals surface area contributed by atoms with E-state index in [1.54, 1.807) is 24.3 Å². The maximum atomic E-state index is 10.3. The van der Waals surface area contributed by atoms with Crippen molar-refractivity contribution in [2.45, 2.75) is 12.3 Å². The second kappa shape index (κ2) is 7.37. The molecule has 0 spiro atoms. The van der Waals surface area contributed by atoms with E-state index >= 15 is 0 Å². The van der Waals surface area contributed by atoms with Crippen LogP contribution in [0.4, 0.5) is 0 Å². The van der Waals surface area contributed by atoms with Crippen molar-refractivity contribution in [1.29, 1.82) is 0 Å². The second-order valence-electron chi connectivity index (χ2n) is 4.45. The van der Waals surface area contributed by atoms with Crippen LogP contribution in [0.15, 0.2) is 36.9 Å². The first-order chi connectivity index (χ1) is 10.2. The Labute approximate surface area is 126 Å². The van der Waals surface area contributed by atoms with Gasteiger partial charge in [-0.25, -0.2) is 9.67 Å². The highest BCUT2D eigenvalue weighted by molar-refractivity contribution is 6.30. The molecule has 0 amide bonds. The fraction of sp³-hybridized carbons (Fsp3) is 0.385. The molecular formula is C13H16ClN3O4. The summed E-state index contributed by atoms with van der Waals surface area (Å²) in [6, 6.07) is 6.59. The van der Waals surface area contributed by atoms with Gasteiger partial charge in [0.05, 0.1) is 13.2 Å². The number of aliphatic hydroxyl groups is 3. The van der Waals surface area contributed by atoms with E-state index in [-0.39, 0.29) is 13.2 Å². The highest BCUT2D eigenvalue weighted by atomic mass is 35.5. The van der Waals surface area contributed by atoms with Crippen LogP contribution >= 0.6 is 11.6 Å². The van der Waals surface area contributed by atoms with E-state index < -0.39 is 18.2 Å². The lowest BCUT2D eigenvalue weighted by Crippen LogP contribution is -2.38. The molecule has 0 aliphatic carbocycles. The molecule has 0 radical (unpaired) electrons. The first kappa shape index (κ1) is 15.7. The molecular weight excluding hydrogens is 298 g/mol. The molecule has 0 saturated carbocycles. The lowest BCUT2D eigenvalue weighted by Gasteiger charge is -2.28. The molecule has 2 atom stereocenters. The summed E-state index contributed by atoms with van der Waals surface area (Å²) in [6.07, 6.45) is 0.586. The molecule has 0 saturated heterocycles. The Hall–Kier alpha value is -1.67. The quantitative estimate of drug-likeness (QED) is 0.687. The summed E-state index contributed by atoms with van der Waals surface area (Å²) in [7, 11) is 0. The third kappa shape index (κ3) is 3.92. The molecule has 1 aromatic carbocycles. The van der Waals surface area contributed by atoms with Crippen molar-refractivity contribution in [2.24, 2.45) is 5.92 Å². The van der Waals surface area contributed by atoms with Crippen LogP contribution < -0.4 is 4.74 Å². The lowest BCUT2D eigenvalue weighted by atomic mass is 10.0. The minimum absolute atomic E-state index is 0.382. The van der Waals surface area contributed by atoms with E-state index in [4.69, 9.17) is 16.3 Å². The topological polar surface area (TPSA) is 101 Å². The van der Waals surface area contributed by atoms with Gasteiger partial charge in [-0.15, -0.1) is 0 Å². The Morgan fingerprint density at radius 1 is 1.19 bits per heavy atom. The summed E-state index contributed by atoms with van der Waals surface area (Å²) in [5.41, 5.74) is 0. The van der Waals surface area contributed by atoms with E-state index in [1.807, 2.05) is 0 Å². The molecule has 114 valence electrons. The summed E-state index contributed by atoms with van der Waals surface area (Å²) in [4.78, 5) is 3.81. The molecule has 21 heavy (non-hydrogen) atoms. The fourth-order valence-electron chi connectivity index (χ4n) is 1.79. The lowest BCUT2D eigenvalue weighted by molar-refractivity contribution is -0.0733. The van der Waals surface area contributed by atoms with Crippen LogP contribution in [0, 0.1) is 5.92 Å². The van der Waals surface area contributed by atoms with Crippen molar-refractivity contribution in [3.05, 3.63) is 41.9 Å². The van der Waals surface area contributed by atoms with Gasteiger partial charge >= 0.3 is 0 Å². The summed E-state index contributed by atoms with van der Waals surface area (Å²) in [6.45, 7) is -0.764. The van der Waals surface area contributed by atoms with Crippen molar-refractivity contribution in [3.63, 3.8) is 0 Å². The zero-order valence-corrected chi connectivity index (χ0v) is 11.8. The molecule has 0 fully saturated rings. The Bertz CT molecular complexity index is 531. The minimum atomic E-state index is -1.17. The maximum absolute atomic E-state index is 10.3. The van der Waals surface area contributed by atoms with Crippen LogP contribution in [-0.4, -0.2) is 49.4 Å². The number of rotatable bonds is 7. The third-order valence-corrected chi connectivity index (χ3v) is 3.26. The number of hydrogen-bond donors (Lipinski definition) is 3. The van der Waals surface area contributed by atoms with Crippen LogP contribution in [0.2, 0.25) is 5.02 Å². The number of benzene rings is 1. The molecule has 2 aromatic rings.